The third kappa shape index (κ3) is 38.9. The van der Waals surface area contributed by atoms with E-state index in [0.29, 0.717) is 12.8 Å². The van der Waals surface area contributed by atoms with Gasteiger partial charge in [0.25, 0.3) is 0 Å². The fourth-order valence-electron chi connectivity index (χ4n) is 7.21. The van der Waals surface area contributed by atoms with Crippen molar-refractivity contribution in [3.8, 4) is 0 Å². The van der Waals surface area contributed by atoms with Gasteiger partial charge in [0.15, 0.2) is 0 Å². The van der Waals surface area contributed by atoms with Crippen molar-refractivity contribution in [3.63, 3.8) is 0 Å². The number of aliphatic hydroxyl groups excluding tert-OH is 2. The maximum atomic E-state index is 13.1. The Labute approximate surface area is 347 Å². The van der Waals surface area contributed by atoms with Crippen molar-refractivity contribution in [2.24, 2.45) is 0 Å². The summed E-state index contributed by atoms with van der Waals surface area (Å²) in [5.41, 5.74) is 0. The summed E-state index contributed by atoms with van der Waals surface area (Å²) in [6.07, 6.45) is 50.9. The number of amides is 1. The highest BCUT2D eigenvalue weighted by molar-refractivity contribution is 5.78. The highest BCUT2D eigenvalue weighted by atomic mass is 16.5. The fraction of sp³-hybridized carbons (Fsp3) is 0.840. The molecule has 0 aromatic rings. The molecule has 0 bridgehead atoms. The predicted molar refractivity (Wildman–Crippen MR) is 241 cm³/mol. The molecule has 0 rings (SSSR count). The number of ether oxygens (including phenoxy) is 1. The predicted octanol–water partition coefficient (Wildman–Crippen LogP) is 14.1. The van der Waals surface area contributed by atoms with E-state index in [1.165, 1.54) is 148 Å². The molecule has 0 fully saturated rings. The SMILES string of the molecule is CCCCCCCC/C=C\C/C=C/C(CC(=O)NC(CO)C(O)CCCCCCCCCCCC)OC(=O)CCCCCCC/C=C/CCCCCCCCC. The lowest BCUT2D eigenvalue weighted by atomic mass is 10.0. The zero-order valence-electron chi connectivity index (χ0n) is 37.3. The molecule has 0 radical (unpaired) electrons. The van der Waals surface area contributed by atoms with Gasteiger partial charge in [-0.3, -0.25) is 9.59 Å². The second-order valence-electron chi connectivity index (χ2n) is 16.5. The van der Waals surface area contributed by atoms with Crippen LogP contribution in [0.4, 0.5) is 0 Å². The van der Waals surface area contributed by atoms with Crippen molar-refractivity contribution in [1.29, 1.82) is 0 Å². The molecule has 0 aliphatic rings. The minimum Gasteiger partial charge on any atom is -0.458 e. The highest BCUT2D eigenvalue weighted by Gasteiger charge is 2.23. The number of carbonyl (C=O) groups is 2. The van der Waals surface area contributed by atoms with Crippen molar-refractivity contribution in [2.75, 3.05) is 6.61 Å². The van der Waals surface area contributed by atoms with E-state index in [2.05, 4.69) is 50.4 Å². The number of unbranched alkanes of at least 4 members (excludes halogenated alkanes) is 27. The van der Waals surface area contributed by atoms with E-state index in [1.54, 1.807) is 0 Å². The third-order valence-corrected chi connectivity index (χ3v) is 10.9. The minimum absolute atomic E-state index is 0.0301. The first-order valence-corrected chi connectivity index (χ1v) is 24.2. The lowest BCUT2D eigenvalue weighted by Gasteiger charge is -2.23. The number of rotatable bonds is 43. The van der Waals surface area contributed by atoms with Crippen molar-refractivity contribution < 1.29 is 24.5 Å². The van der Waals surface area contributed by atoms with Crippen LogP contribution in [-0.4, -0.2) is 46.9 Å². The summed E-state index contributed by atoms with van der Waals surface area (Å²) >= 11 is 0. The van der Waals surface area contributed by atoms with Crippen LogP contribution in [0.25, 0.3) is 0 Å². The molecule has 6 nitrogen and oxygen atoms in total. The smallest absolute Gasteiger partial charge is 0.306 e. The molecule has 0 aromatic carbocycles. The molecule has 3 unspecified atom stereocenters. The van der Waals surface area contributed by atoms with Crippen LogP contribution in [0.2, 0.25) is 0 Å². The summed E-state index contributed by atoms with van der Waals surface area (Å²) in [7, 11) is 0. The summed E-state index contributed by atoms with van der Waals surface area (Å²) < 4.78 is 5.81. The first kappa shape index (κ1) is 54.1. The Morgan fingerprint density at radius 3 is 1.41 bits per heavy atom. The maximum Gasteiger partial charge on any atom is 0.306 e. The van der Waals surface area contributed by atoms with Gasteiger partial charge >= 0.3 is 5.97 Å². The fourth-order valence-corrected chi connectivity index (χ4v) is 7.21. The van der Waals surface area contributed by atoms with E-state index < -0.39 is 18.2 Å². The average molecular weight is 788 g/mol. The summed E-state index contributed by atoms with van der Waals surface area (Å²) in [5.74, 6) is -0.609. The standard InChI is InChI=1S/C50H93NO5/c1-4-7-10-13-16-19-22-23-24-25-26-28-31-34-37-40-43-50(55)56-46(41-38-35-32-29-27-20-17-14-11-8-5-2)44-49(54)51-47(45-52)48(53)42-39-36-33-30-21-18-15-12-9-6-3/h24-25,29,32,38,41,46-48,52-53H,4-23,26-28,30-31,33-37,39-40,42-45H2,1-3H3,(H,51,54)/b25-24+,32-29-,41-38+. The van der Waals surface area contributed by atoms with Gasteiger partial charge in [-0.2, -0.15) is 0 Å². The van der Waals surface area contributed by atoms with Crippen molar-refractivity contribution in [1.82, 2.24) is 5.32 Å². The molecule has 0 heterocycles. The van der Waals surface area contributed by atoms with Gasteiger partial charge in [0.05, 0.1) is 25.2 Å². The normalized spacial score (nSPS) is 13.6. The van der Waals surface area contributed by atoms with Crippen LogP contribution < -0.4 is 5.32 Å². The Kier molecular flexibility index (Phi) is 42.7. The molecule has 1 amide bonds. The molecule has 0 aliphatic heterocycles. The second-order valence-corrected chi connectivity index (χ2v) is 16.5. The van der Waals surface area contributed by atoms with Crippen LogP contribution in [0.1, 0.15) is 245 Å². The monoisotopic (exact) mass is 788 g/mol. The quantitative estimate of drug-likeness (QED) is 0.0325. The highest BCUT2D eigenvalue weighted by Crippen LogP contribution is 2.15. The number of hydrogen-bond donors (Lipinski definition) is 3. The maximum absolute atomic E-state index is 13.1. The molecule has 0 saturated heterocycles. The Morgan fingerprint density at radius 1 is 0.536 bits per heavy atom. The number of aliphatic hydroxyl groups is 2. The zero-order valence-corrected chi connectivity index (χ0v) is 37.3. The minimum atomic E-state index is -0.808. The molecule has 0 aromatic heterocycles. The van der Waals surface area contributed by atoms with Gasteiger partial charge in [-0.15, -0.1) is 0 Å². The number of hydrogen-bond acceptors (Lipinski definition) is 5. The van der Waals surface area contributed by atoms with Gasteiger partial charge in [0.1, 0.15) is 6.10 Å². The van der Waals surface area contributed by atoms with Gasteiger partial charge in [0.2, 0.25) is 5.91 Å². The number of carbonyl (C=O) groups excluding carboxylic acids is 2. The van der Waals surface area contributed by atoms with Crippen LogP contribution in [0, 0.1) is 0 Å². The Hall–Kier alpha value is -1.92. The van der Waals surface area contributed by atoms with Gasteiger partial charge < -0.3 is 20.3 Å². The molecule has 0 aliphatic carbocycles. The Bertz CT molecular complexity index is 930. The van der Waals surface area contributed by atoms with Crippen molar-refractivity contribution >= 4 is 11.9 Å². The number of allylic oxidation sites excluding steroid dienone is 5. The lowest BCUT2D eigenvalue weighted by Crippen LogP contribution is -2.46. The summed E-state index contributed by atoms with van der Waals surface area (Å²) in [6.45, 7) is 6.42. The van der Waals surface area contributed by atoms with E-state index in [-0.39, 0.29) is 24.9 Å². The van der Waals surface area contributed by atoms with Crippen molar-refractivity contribution in [3.05, 3.63) is 36.5 Å². The number of nitrogens with one attached hydrogen (secondary N) is 1. The third-order valence-electron chi connectivity index (χ3n) is 10.9. The molecule has 3 N–H and O–H groups in total. The van der Waals surface area contributed by atoms with Crippen LogP contribution in [0.5, 0.6) is 0 Å². The van der Waals surface area contributed by atoms with Crippen LogP contribution in [0.15, 0.2) is 36.5 Å². The van der Waals surface area contributed by atoms with E-state index in [0.717, 1.165) is 57.8 Å². The van der Waals surface area contributed by atoms with Crippen LogP contribution >= 0.6 is 0 Å². The molecular weight excluding hydrogens is 695 g/mol. The largest absolute Gasteiger partial charge is 0.458 e. The molecule has 3 atom stereocenters. The number of esters is 1. The van der Waals surface area contributed by atoms with Crippen LogP contribution in [-0.2, 0) is 14.3 Å². The molecule has 6 heteroatoms. The summed E-state index contributed by atoms with van der Waals surface area (Å²) in [5, 5.41) is 23.6. The van der Waals surface area contributed by atoms with Gasteiger partial charge in [0, 0.05) is 6.42 Å². The average Bonchev–Trinajstić information content (AvgIpc) is 3.19. The molecule has 0 spiro atoms. The lowest BCUT2D eigenvalue weighted by molar-refractivity contribution is -0.148. The van der Waals surface area contributed by atoms with Gasteiger partial charge in [-0.1, -0.05) is 205 Å². The Balaban J connectivity index is 4.63. The molecule has 56 heavy (non-hydrogen) atoms. The van der Waals surface area contributed by atoms with E-state index in [1.807, 2.05) is 12.2 Å². The molecular formula is C50H93NO5. The van der Waals surface area contributed by atoms with Crippen molar-refractivity contribution in [2.45, 2.75) is 264 Å². The van der Waals surface area contributed by atoms with E-state index in [4.69, 9.17) is 4.74 Å². The first-order chi connectivity index (χ1) is 27.5. The topological polar surface area (TPSA) is 95.9 Å². The molecule has 0 saturated carbocycles. The van der Waals surface area contributed by atoms with Gasteiger partial charge in [-0.05, 0) is 63.9 Å². The summed E-state index contributed by atoms with van der Waals surface area (Å²) in [6, 6.07) is -0.730. The molecule has 328 valence electrons. The van der Waals surface area contributed by atoms with Crippen LogP contribution in [0.3, 0.4) is 0 Å². The van der Waals surface area contributed by atoms with E-state index >= 15 is 0 Å². The first-order valence-electron chi connectivity index (χ1n) is 24.2. The van der Waals surface area contributed by atoms with E-state index in [9.17, 15) is 19.8 Å². The van der Waals surface area contributed by atoms with Gasteiger partial charge in [-0.25, -0.2) is 0 Å². The summed E-state index contributed by atoms with van der Waals surface area (Å²) in [4.78, 5) is 25.9. The second kappa shape index (κ2) is 44.2. The zero-order chi connectivity index (χ0) is 41.0. The Morgan fingerprint density at radius 2 is 0.946 bits per heavy atom.